The van der Waals surface area contributed by atoms with Gasteiger partial charge in [0.1, 0.15) is 0 Å². The Kier molecular flexibility index (Phi) is 37.5. The van der Waals surface area contributed by atoms with Crippen LogP contribution in [0.1, 0.15) is 188 Å². The number of allylic oxidation sites excluding steroid dienone is 6. The number of carboxylic acids is 1. The molecule has 3 heteroatoms. The molecule has 0 radical (unpaired) electrons. The summed E-state index contributed by atoms with van der Waals surface area (Å²) in [5, 5.41) is 10.2. The van der Waals surface area contributed by atoms with Crippen LogP contribution in [0.25, 0.3) is 0 Å². The highest BCUT2D eigenvalue weighted by atomic mass is 16.4. The first-order valence-electron chi connectivity index (χ1n) is 18.9. The Morgan fingerprint density at radius 1 is 0.488 bits per heavy atom. The number of hydrogen-bond acceptors (Lipinski definition) is 2. The van der Waals surface area contributed by atoms with Crippen LogP contribution in [0.4, 0.5) is 0 Å². The average molecular weight is 604 g/mol. The lowest BCUT2D eigenvalue weighted by Crippen LogP contribution is -2.41. The van der Waals surface area contributed by atoms with Gasteiger partial charge in [-0.15, -0.1) is 0 Å². The van der Waals surface area contributed by atoms with Gasteiger partial charge >= 0.3 is 0 Å². The van der Waals surface area contributed by atoms with E-state index < -0.39 is 5.97 Å². The van der Waals surface area contributed by atoms with E-state index in [9.17, 15) is 9.90 Å². The Labute approximate surface area is 271 Å². The summed E-state index contributed by atoms with van der Waals surface area (Å²) in [5.74, 6) is -0.925. The van der Waals surface area contributed by atoms with Gasteiger partial charge in [-0.1, -0.05) is 154 Å². The van der Waals surface area contributed by atoms with Crippen molar-refractivity contribution in [1.29, 1.82) is 0 Å². The summed E-state index contributed by atoms with van der Waals surface area (Å²) in [7, 11) is 4.87. The van der Waals surface area contributed by atoms with E-state index in [1.54, 1.807) is 0 Å². The van der Waals surface area contributed by atoms with Crippen LogP contribution >= 0.6 is 0 Å². The lowest BCUT2D eigenvalue weighted by molar-refractivity contribution is -0.890. The summed E-state index contributed by atoms with van der Waals surface area (Å²) in [6, 6.07) is 0. The molecule has 0 bridgehead atoms. The van der Waals surface area contributed by atoms with Gasteiger partial charge in [-0.05, 0) is 70.6 Å². The molecule has 0 rings (SSSR count). The smallest absolute Gasteiger partial charge is 0.0782 e. The van der Waals surface area contributed by atoms with Crippen molar-refractivity contribution in [1.82, 2.24) is 0 Å². The molecule has 0 fully saturated rings. The third-order valence-electron chi connectivity index (χ3n) is 8.27. The van der Waals surface area contributed by atoms with Crippen LogP contribution in [-0.4, -0.2) is 37.6 Å². The van der Waals surface area contributed by atoms with Gasteiger partial charge in [0.15, 0.2) is 0 Å². The van der Waals surface area contributed by atoms with Gasteiger partial charge in [-0.3, -0.25) is 0 Å². The predicted molar refractivity (Wildman–Crippen MR) is 191 cm³/mol. The van der Waals surface area contributed by atoms with Gasteiger partial charge in [-0.2, -0.15) is 0 Å². The molecule has 0 heterocycles. The minimum Gasteiger partial charge on any atom is -0.550 e. The monoisotopic (exact) mass is 604 g/mol. The van der Waals surface area contributed by atoms with Crippen molar-refractivity contribution in [3.63, 3.8) is 0 Å². The Hall–Kier alpha value is -1.35. The number of unbranched alkanes of at least 4 members (excludes halogenated alkanes) is 19. The van der Waals surface area contributed by atoms with Gasteiger partial charge in [0.05, 0.1) is 27.2 Å². The molecular formula is C40H77NO2. The number of carbonyl (C=O) groups excluding carboxylic acids is 1. The van der Waals surface area contributed by atoms with Crippen molar-refractivity contribution in [2.75, 3.05) is 27.2 Å². The number of nitrogens with zero attached hydrogens (tertiary/aromatic N) is 1. The standard InChI is InChI=1S/C22H48N.C18H30O2/c1-5-7-9-11-13-15-17-19-21-23(3,4)22-20-18-16-14-12-10-8-6-2;1-2-3-4-5-6-7-8-9-10-11-12-13-14-15-16-17-18(19)20/h5-22H2,1-4H3;3-4,6-7,9-10H,2,5,8,11-17H2,1H3,(H,19,20)/q+1;/p-1/b;4-3-,7-6-,10-9-. The third kappa shape index (κ3) is 42.8. The summed E-state index contributed by atoms with van der Waals surface area (Å²) in [4.78, 5) is 10.2. The molecule has 0 spiro atoms. The van der Waals surface area contributed by atoms with Crippen molar-refractivity contribution >= 4 is 5.97 Å². The Balaban J connectivity index is 0. The summed E-state index contributed by atoms with van der Waals surface area (Å²) in [5.41, 5.74) is 0. The maximum atomic E-state index is 10.2. The van der Waals surface area contributed by atoms with Crippen LogP contribution in [0, 0.1) is 0 Å². The van der Waals surface area contributed by atoms with Gasteiger partial charge in [-0.25, -0.2) is 0 Å². The van der Waals surface area contributed by atoms with Crippen molar-refractivity contribution < 1.29 is 14.4 Å². The lowest BCUT2D eigenvalue weighted by Gasteiger charge is -2.30. The summed E-state index contributed by atoms with van der Waals surface area (Å²) < 4.78 is 1.24. The molecule has 0 aliphatic heterocycles. The molecule has 0 aromatic carbocycles. The fourth-order valence-electron chi connectivity index (χ4n) is 5.35. The number of carboxylic acid groups (broad SMARTS) is 1. The van der Waals surface area contributed by atoms with Gasteiger partial charge in [0, 0.05) is 5.97 Å². The number of quaternary nitrogens is 1. The van der Waals surface area contributed by atoms with E-state index in [4.69, 9.17) is 0 Å². The van der Waals surface area contributed by atoms with E-state index in [-0.39, 0.29) is 6.42 Å². The zero-order chi connectivity index (χ0) is 32.1. The molecule has 0 aromatic heterocycles. The Morgan fingerprint density at radius 2 is 0.860 bits per heavy atom. The SMILES string of the molecule is CC/C=C\C/C=C\C/C=C\CCCCCCCC(=O)[O-].CCCCCCCCCC[N+](C)(C)CCCCCCCCCC. The number of rotatable bonds is 31. The van der Waals surface area contributed by atoms with E-state index in [1.165, 1.54) is 133 Å². The molecular weight excluding hydrogens is 526 g/mol. The van der Waals surface area contributed by atoms with Crippen molar-refractivity contribution in [3.8, 4) is 0 Å². The third-order valence-corrected chi connectivity index (χ3v) is 8.27. The fourth-order valence-corrected chi connectivity index (χ4v) is 5.35. The second-order valence-electron chi connectivity index (χ2n) is 13.3. The predicted octanol–water partition coefficient (Wildman–Crippen LogP) is 11.7. The van der Waals surface area contributed by atoms with Crippen LogP contribution in [0.2, 0.25) is 0 Å². The maximum Gasteiger partial charge on any atom is 0.0782 e. The Bertz CT molecular complexity index is 612. The minimum atomic E-state index is -0.925. The highest BCUT2D eigenvalue weighted by molar-refractivity contribution is 5.64. The quantitative estimate of drug-likeness (QED) is 0.0449. The molecule has 3 nitrogen and oxygen atoms in total. The van der Waals surface area contributed by atoms with Crippen LogP contribution in [0.3, 0.4) is 0 Å². The van der Waals surface area contributed by atoms with Crippen LogP contribution in [-0.2, 0) is 4.79 Å². The molecule has 254 valence electrons. The largest absolute Gasteiger partial charge is 0.550 e. The molecule has 0 saturated heterocycles. The molecule has 0 aliphatic rings. The topological polar surface area (TPSA) is 40.1 Å². The molecule has 0 amide bonds. The molecule has 0 aliphatic carbocycles. The highest BCUT2D eigenvalue weighted by Crippen LogP contribution is 2.13. The minimum absolute atomic E-state index is 0.208. The first-order valence-corrected chi connectivity index (χ1v) is 18.9. The molecule has 0 aromatic rings. The van der Waals surface area contributed by atoms with E-state index >= 15 is 0 Å². The first-order chi connectivity index (χ1) is 20.9. The Morgan fingerprint density at radius 3 is 1.30 bits per heavy atom. The second-order valence-corrected chi connectivity index (χ2v) is 13.3. The maximum absolute atomic E-state index is 10.2. The normalized spacial score (nSPS) is 12.0. The zero-order valence-electron chi connectivity index (χ0n) is 30.0. The number of hydrogen-bond donors (Lipinski definition) is 0. The van der Waals surface area contributed by atoms with E-state index in [2.05, 4.69) is 71.3 Å². The molecule has 43 heavy (non-hydrogen) atoms. The van der Waals surface area contributed by atoms with Gasteiger partial charge in [0.2, 0.25) is 0 Å². The average Bonchev–Trinajstić information content (AvgIpc) is 2.98. The van der Waals surface area contributed by atoms with Crippen molar-refractivity contribution in [2.45, 2.75) is 188 Å². The van der Waals surface area contributed by atoms with Crippen molar-refractivity contribution in [3.05, 3.63) is 36.5 Å². The number of carbonyl (C=O) groups is 1. The van der Waals surface area contributed by atoms with Crippen LogP contribution < -0.4 is 5.11 Å². The molecule has 0 unspecified atom stereocenters. The zero-order valence-corrected chi connectivity index (χ0v) is 30.0. The summed E-state index contributed by atoms with van der Waals surface area (Å²) in [6.45, 7) is 9.50. The van der Waals surface area contributed by atoms with Gasteiger partial charge in [0.25, 0.3) is 0 Å². The van der Waals surface area contributed by atoms with Crippen LogP contribution in [0.5, 0.6) is 0 Å². The van der Waals surface area contributed by atoms with Crippen LogP contribution in [0.15, 0.2) is 36.5 Å². The van der Waals surface area contributed by atoms with E-state index in [0.717, 1.165) is 44.9 Å². The summed E-state index contributed by atoms with van der Waals surface area (Å²) >= 11 is 0. The lowest BCUT2D eigenvalue weighted by atomic mass is 10.1. The molecule has 0 saturated carbocycles. The highest BCUT2D eigenvalue weighted by Gasteiger charge is 2.13. The molecule has 0 N–H and O–H groups in total. The van der Waals surface area contributed by atoms with E-state index in [1.807, 2.05) is 0 Å². The second kappa shape index (κ2) is 36.8. The number of aliphatic carboxylic acids is 1. The van der Waals surface area contributed by atoms with Crippen molar-refractivity contribution in [2.24, 2.45) is 0 Å². The fraction of sp³-hybridized carbons (Fsp3) is 0.825. The first kappa shape index (κ1) is 43.8. The van der Waals surface area contributed by atoms with E-state index in [0.29, 0.717) is 0 Å². The molecule has 0 atom stereocenters. The van der Waals surface area contributed by atoms with Gasteiger partial charge < -0.3 is 14.4 Å². The summed E-state index contributed by atoms with van der Waals surface area (Å²) in [6.07, 6.45) is 46.1.